The van der Waals surface area contributed by atoms with Gasteiger partial charge in [-0.1, -0.05) is 6.07 Å². The van der Waals surface area contributed by atoms with E-state index in [4.69, 9.17) is 0 Å². The fourth-order valence-electron chi connectivity index (χ4n) is 2.35. The molecule has 2 N–H and O–H groups in total. The van der Waals surface area contributed by atoms with Crippen molar-refractivity contribution in [3.05, 3.63) is 47.3 Å². The van der Waals surface area contributed by atoms with Gasteiger partial charge in [-0.05, 0) is 65.2 Å². The van der Waals surface area contributed by atoms with Crippen molar-refractivity contribution in [2.24, 2.45) is 0 Å². The van der Waals surface area contributed by atoms with Gasteiger partial charge in [0.1, 0.15) is 0 Å². The Kier molecular flexibility index (Phi) is 6.26. The minimum absolute atomic E-state index is 0.0706. The van der Waals surface area contributed by atoms with Gasteiger partial charge in [-0.25, -0.2) is 9.97 Å². The second-order valence-electron chi connectivity index (χ2n) is 6.09. The lowest BCUT2D eigenvalue weighted by Gasteiger charge is -2.11. The predicted octanol–water partition coefficient (Wildman–Crippen LogP) is 2.52. The van der Waals surface area contributed by atoms with E-state index in [9.17, 15) is 4.79 Å². The number of rotatable bonds is 7. The van der Waals surface area contributed by atoms with Gasteiger partial charge in [0.15, 0.2) is 0 Å². The molecule has 6 heteroatoms. The van der Waals surface area contributed by atoms with E-state index in [1.807, 2.05) is 52.2 Å². The molecule has 0 saturated heterocycles. The zero-order valence-corrected chi connectivity index (χ0v) is 14.8. The van der Waals surface area contributed by atoms with E-state index in [2.05, 4.69) is 25.5 Å². The Hall–Kier alpha value is -2.47. The molecule has 2 rings (SSSR count). The standard InChI is InChI=1S/C18H25N5O/c1-13-11-14(2)21-18(20-13)22-16-8-5-7-15(12-16)17(24)19-9-6-10-23(3)4/h5,7-8,11-12H,6,9-10H2,1-4H3,(H,19,24)(H,20,21,22). The van der Waals surface area contributed by atoms with E-state index in [1.54, 1.807) is 6.07 Å². The Morgan fingerprint density at radius 2 is 1.83 bits per heavy atom. The van der Waals surface area contributed by atoms with Crippen molar-refractivity contribution in [1.82, 2.24) is 20.2 Å². The smallest absolute Gasteiger partial charge is 0.251 e. The molecule has 0 aliphatic carbocycles. The second kappa shape index (κ2) is 8.40. The summed E-state index contributed by atoms with van der Waals surface area (Å²) < 4.78 is 0. The van der Waals surface area contributed by atoms with Crippen LogP contribution in [0.1, 0.15) is 28.2 Å². The summed E-state index contributed by atoms with van der Waals surface area (Å²) in [5.74, 6) is 0.467. The van der Waals surface area contributed by atoms with Crippen LogP contribution in [-0.2, 0) is 0 Å². The molecule has 2 aromatic rings. The molecule has 0 aliphatic heterocycles. The topological polar surface area (TPSA) is 70.2 Å². The summed E-state index contributed by atoms with van der Waals surface area (Å²) in [6.07, 6.45) is 0.924. The fourth-order valence-corrected chi connectivity index (χ4v) is 2.35. The van der Waals surface area contributed by atoms with Gasteiger partial charge in [-0.2, -0.15) is 0 Å². The number of hydrogen-bond acceptors (Lipinski definition) is 5. The van der Waals surface area contributed by atoms with Crippen molar-refractivity contribution in [3.63, 3.8) is 0 Å². The maximum atomic E-state index is 12.2. The molecule has 1 heterocycles. The van der Waals surface area contributed by atoms with Crippen LogP contribution in [0.4, 0.5) is 11.6 Å². The minimum atomic E-state index is -0.0706. The van der Waals surface area contributed by atoms with Crippen molar-refractivity contribution in [1.29, 1.82) is 0 Å². The first-order valence-corrected chi connectivity index (χ1v) is 8.06. The van der Waals surface area contributed by atoms with Crippen LogP contribution in [0.15, 0.2) is 30.3 Å². The largest absolute Gasteiger partial charge is 0.352 e. The molecule has 0 atom stereocenters. The maximum absolute atomic E-state index is 12.2. The Balaban J connectivity index is 1.99. The number of anilines is 2. The molecule has 0 radical (unpaired) electrons. The van der Waals surface area contributed by atoms with Gasteiger partial charge in [0.2, 0.25) is 5.95 Å². The van der Waals surface area contributed by atoms with Crippen LogP contribution < -0.4 is 10.6 Å². The highest BCUT2D eigenvalue weighted by Crippen LogP contribution is 2.15. The number of nitrogens with one attached hydrogen (secondary N) is 2. The average molecular weight is 327 g/mol. The van der Waals surface area contributed by atoms with E-state index >= 15 is 0 Å². The number of aromatic nitrogens is 2. The zero-order valence-electron chi connectivity index (χ0n) is 14.8. The van der Waals surface area contributed by atoms with Gasteiger partial charge in [0, 0.05) is 29.2 Å². The molecule has 24 heavy (non-hydrogen) atoms. The lowest BCUT2D eigenvalue weighted by atomic mass is 10.2. The van der Waals surface area contributed by atoms with Gasteiger partial charge < -0.3 is 15.5 Å². The number of nitrogens with zero attached hydrogens (tertiary/aromatic N) is 3. The molecule has 0 fully saturated rings. The first-order valence-electron chi connectivity index (χ1n) is 8.06. The third-order valence-corrected chi connectivity index (χ3v) is 3.43. The van der Waals surface area contributed by atoms with Crippen LogP contribution in [0.2, 0.25) is 0 Å². The molecular formula is C18H25N5O. The van der Waals surface area contributed by atoms with E-state index in [0.717, 1.165) is 30.0 Å². The van der Waals surface area contributed by atoms with Gasteiger partial charge in [-0.15, -0.1) is 0 Å². The van der Waals surface area contributed by atoms with Crippen LogP contribution in [0, 0.1) is 13.8 Å². The van der Waals surface area contributed by atoms with E-state index in [1.165, 1.54) is 0 Å². The number of hydrogen-bond donors (Lipinski definition) is 2. The summed E-state index contributed by atoms with van der Waals surface area (Å²) in [7, 11) is 4.04. The summed E-state index contributed by atoms with van der Waals surface area (Å²) >= 11 is 0. The van der Waals surface area contributed by atoms with Crippen LogP contribution >= 0.6 is 0 Å². The normalized spacial score (nSPS) is 10.7. The van der Waals surface area contributed by atoms with Crippen LogP contribution in [-0.4, -0.2) is 48.0 Å². The monoisotopic (exact) mass is 327 g/mol. The lowest BCUT2D eigenvalue weighted by Crippen LogP contribution is -2.27. The van der Waals surface area contributed by atoms with Crippen molar-refractivity contribution >= 4 is 17.5 Å². The van der Waals surface area contributed by atoms with E-state index in [-0.39, 0.29) is 5.91 Å². The Bertz CT molecular complexity index is 679. The van der Waals surface area contributed by atoms with Crippen LogP contribution in [0.3, 0.4) is 0 Å². The highest BCUT2D eigenvalue weighted by Gasteiger charge is 2.07. The molecular weight excluding hydrogens is 302 g/mol. The summed E-state index contributed by atoms with van der Waals surface area (Å²) in [6.45, 7) is 5.47. The SMILES string of the molecule is Cc1cc(C)nc(Nc2cccc(C(=O)NCCCN(C)C)c2)n1. The van der Waals surface area contributed by atoms with E-state index < -0.39 is 0 Å². The third-order valence-electron chi connectivity index (χ3n) is 3.43. The van der Waals surface area contributed by atoms with Crippen LogP contribution in [0.25, 0.3) is 0 Å². The molecule has 0 saturated carbocycles. The van der Waals surface area contributed by atoms with Gasteiger partial charge in [-0.3, -0.25) is 4.79 Å². The summed E-state index contributed by atoms with van der Waals surface area (Å²) in [5, 5.41) is 6.09. The lowest BCUT2D eigenvalue weighted by molar-refractivity contribution is 0.0952. The number of aryl methyl sites for hydroxylation is 2. The van der Waals surface area contributed by atoms with Gasteiger partial charge in [0.05, 0.1) is 0 Å². The number of amides is 1. The molecule has 128 valence electrons. The zero-order chi connectivity index (χ0) is 17.5. The minimum Gasteiger partial charge on any atom is -0.352 e. The van der Waals surface area contributed by atoms with E-state index in [0.29, 0.717) is 18.1 Å². The maximum Gasteiger partial charge on any atom is 0.251 e. The second-order valence-corrected chi connectivity index (χ2v) is 6.09. The first kappa shape index (κ1) is 17.9. The predicted molar refractivity (Wildman–Crippen MR) is 96.7 cm³/mol. The van der Waals surface area contributed by atoms with Crippen molar-refractivity contribution in [3.8, 4) is 0 Å². The van der Waals surface area contributed by atoms with Crippen molar-refractivity contribution < 1.29 is 4.79 Å². The molecule has 0 unspecified atom stereocenters. The number of carbonyl (C=O) groups excluding carboxylic acids is 1. The molecule has 6 nitrogen and oxygen atoms in total. The molecule has 0 bridgehead atoms. The first-order chi connectivity index (χ1) is 11.4. The third kappa shape index (κ3) is 5.62. The van der Waals surface area contributed by atoms with Gasteiger partial charge in [0.25, 0.3) is 5.91 Å². The van der Waals surface area contributed by atoms with Crippen molar-refractivity contribution in [2.45, 2.75) is 20.3 Å². The highest BCUT2D eigenvalue weighted by molar-refractivity contribution is 5.95. The number of carbonyl (C=O) groups is 1. The van der Waals surface area contributed by atoms with Gasteiger partial charge >= 0.3 is 0 Å². The molecule has 1 aromatic carbocycles. The molecule has 0 aliphatic rings. The summed E-state index contributed by atoms with van der Waals surface area (Å²) in [4.78, 5) is 23.0. The Morgan fingerprint density at radius 3 is 2.50 bits per heavy atom. The van der Waals surface area contributed by atoms with Crippen LogP contribution in [0.5, 0.6) is 0 Å². The highest BCUT2D eigenvalue weighted by atomic mass is 16.1. The van der Waals surface area contributed by atoms with Crippen molar-refractivity contribution in [2.75, 3.05) is 32.5 Å². The quantitative estimate of drug-likeness (QED) is 0.765. The average Bonchev–Trinajstić information content (AvgIpc) is 2.50. The Labute approximate surface area is 143 Å². The molecule has 0 spiro atoms. The summed E-state index contributed by atoms with van der Waals surface area (Å²) in [6, 6.07) is 9.27. The number of benzene rings is 1. The Morgan fingerprint density at radius 1 is 1.12 bits per heavy atom. The fraction of sp³-hybridized carbons (Fsp3) is 0.389. The molecule has 1 amide bonds. The molecule has 1 aromatic heterocycles. The summed E-state index contributed by atoms with van der Waals surface area (Å²) in [5.41, 5.74) is 3.22.